The van der Waals surface area contributed by atoms with Gasteiger partial charge in [0.15, 0.2) is 0 Å². The molecule has 1 unspecified atom stereocenters. The van der Waals surface area contributed by atoms with Crippen LogP contribution in [0.4, 0.5) is 0 Å². The molecule has 1 aliphatic heterocycles. The maximum atomic E-state index is 11.9. The van der Waals surface area contributed by atoms with Crippen LogP contribution in [0.15, 0.2) is 29.2 Å². The molecule has 3 aliphatic rings. The molecule has 2 fully saturated rings. The highest BCUT2D eigenvalue weighted by Crippen LogP contribution is 2.75. The van der Waals surface area contributed by atoms with Crippen molar-refractivity contribution in [2.24, 2.45) is 11.3 Å². The van der Waals surface area contributed by atoms with Crippen molar-refractivity contribution in [1.82, 2.24) is 5.32 Å². The summed E-state index contributed by atoms with van der Waals surface area (Å²) in [7, 11) is 0. The molecule has 1 aromatic rings. The Bertz CT molecular complexity index is 525. The van der Waals surface area contributed by atoms with E-state index in [1.54, 1.807) is 0 Å². The van der Waals surface area contributed by atoms with Crippen LogP contribution in [0.2, 0.25) is 0 Å². The largest absolute Gasteiger partial charge is 0.488 e. The van der Waals surface area contributed by atoms with Crippen LogP contribution in [0.3, 0.4) is 0 Å². The van der Waals surface area contributed by atoms with Crippen LogP contribution in [0.25, 0.3) is 0 Å². The first-order valence-electron chi connectivity index (χ1n) is 6.95. The Morgan fingerprint density at radius 1 is 1.42 bits per heavy atom. The fraction of sp³-hybridized carbons (Fsp3) is 0.533. The van der Waals surface area contributed by atoms with Crippen molar-refractivity contribution in [2.75, 3.05) is 12.3 Å². The first kappa shape index (κ1) is 11.6. The highest BCUT2D eigenvalue weighted by atomic mass is 32.2. The van der Waals surface area contributed by atoms with Crippen LogP contribution in [-0.2, 0) is 4.79 Å². The van der Waals surface area contributed by atoms with E-state index in [1.807, 2.05) is 30.0 Å². The molecule has 4 heteroatoms. The van der Waals surface area contributed by atoms with Crippen LogP contribution in [0.5, 0.6) is 5.75 Å². The van der Waals surface area contributed by atoms with Gasteiger partial charge in [-0.15, -0.1) is 11.8 Å². The van der Waals surface area contributed by atoms with E-state index in [-0.39, 0.29) is 17.4 Å². The van der Waals surface area contributed by atoms with Crippen molar-refractivity contribution >= 4 is 17.7 Å². The summed E-state index contributed by atoms with van der Waals surface area (Å²) in [5.74, 6) is 2.96. The SMILES string of the molecule is O=C(NCCC1CSc2ccccc2O1)C12CC1C2. The van der Waals surface area contributed by atoms with E-state index in [2.05, 4.69) is 11.4 Å². The predicted octanol–water partition coefficient (Wildman–Crippen LogP) is 2.46. The summed E-state index contributed by atoms with van der Waals surface area (Å²) in [5, 5.41) is 3.07. The highest BCUT2D eigenvalue weighted by Gasteiger charge is 2.74. The van der Waals surface area contributed by atoms with Gasteiger partial charge in [0.05, 0.1) is 5.41 Å². The lowest BCUT2D eigenvalue weighted by atomic mass is 10.2. The number of hydrogen-bond acceptors (Lipinski definition) is 3. The third kappa shape index (κ3) is 2.02. The summed E-state index contributed by atoms with van der Waals surface area (Å²) < 4.78 is 5.95. The first-order valence-corrected chi connectivity index (χ1v) is 7.93. The third-order valence-corrected chi connectivity index (χ3v) is 5.64. The number of amides is 1. The molecular formula is C15H17NO2S. The minimum atomic E-state index is 0.0920. The number of nitrogens with one attached hydrogen (secondary N) is 1. The van der Waals surface area contributed by atoms with Gasteiger partial charge in [0.2, 0.25) is 5.91 Å². The average Bonchev–Trinajstić information content (AvgIpc) is 3.27. The number of carbonyl (C=O) groups excluding carboxylic acids is 1. The molecule has 1 N–H and O–H groups in total. The van der Waals surface area contributed by atoms with Crippen LogP contribution < -0.4 is 10.1 Å². The molecule has 1 aromatic carbocycles. The van der Waals surface area contributed by atoms with Crippen molar-refractivity contribution in [3.8, 4) is 5.75 Å². The fourth-order valence-corrected chi connectivity index (χ4v) is 3.83. The first-order chi connectivity index (χ1) is 9.28. The highest BCUT2D eigenvalue weighted by molar-refractivity contribution is 7.99. The Labute approximate surface area is 117 Å². The molecule has 4 rings (SSSR count). The van der Waals surface area contributed by atoms with Crippen molar-refractivity contribution in [2.45, 2.75) is 30.3 Å². The number of benzene rings is 1. The molecule has 0 radical (unpaired) electrons. The van der Waals surface area contributed by atoms with Gasteiger partial charge in [0.1, 0.15) is 11.9 Å². The second-order valence-corrected chi connectivity index (χ2v) is 6.87. The van der Waals surface area contributed by atoms with Gasteiger partial charge in [-0.3, -0.25) is 4.79 Å². The molecule has 2 saturated carbocycles. The molecule has 0 saturated heterocycles. The second-order valence-electron chi connectivity index (χ2n) is 5.80. The smallest absolute Gasteiger partial charge is 0.226 e. The summed E-state index contributed by atoms with van der Waals surface area (Å²) >= 11 is 1.84. The van der Waals surface area contributed by atoms with Gasteiger partial charge < -0.3 is 10.1 Å². The molecular weight excluding hydrogens is 258 g/mol. The molecule has 19 heavy (non-hydrogen) atoms. The maximum Gasteiger partial charge on any atom is 0.226 e. The van der Waals surface area contributed by atoms with Gasteiger partial charge in [-0.25, -0.2) is 0 Å². The Kier molecular flexibility index (Phi) is 2.56. The van der Waals surface area contributed by atoms with Crippen LogP contribution in [-0.4, -0.2) is 24.3 Å². The summed E-state index contributed by atoms with van der Waals surface area (Å²) in [5.41, 5.74) is 0.0920. The van der Waals surface area contributed by atoms with Crippen molar-refractivity contribution < 1.29 is 9.53 Å². The van der Waals surface area contributed by atoms with E-state index in [0.29, 0.717) is 0 Å². The fourth-order valence-electron chi connectivity index (χ4n) is 2.80. The lowest BCUT2D eigenvalue weighted by molar-refractivity contribution is -0.124. The Balaban J connectivity index is 1.27. The molecule has 1 amide bonds. The van der Waals surface area contributed by atoms with Gasteiger partial charge in [0.25, 0.3) is 0 Å². The minimum Gasteiger partial charge on any atom is -0.488 e. The van der Waals surface area contributed by atoms with E-state index in [4.69, 9.17) is 4.74 Å². The summed E-state index contributed by atoms with van der Waals surface area (Å²) in [4.78, 5) is 13.1. The van der Waals surface area contributed by atoms with E-state index in [9.17, 15) is 4.79 Å². The van der Waals surface area contributed by atoms with Crippen molar-refractivity contribution in [3.05, 3.63) is 24.3 Å². The molecule has 2 aliphatic carbocycles. The van der Waals surface area contributed by atoms with E-state index < -0.39 is 0 Å². The van der Waals surface area contributed by atoms with Crippen LogP contribution >= 0.6 is 11.8 Å². The van der Waals surface area contributed by atoms with Gasteiger partial charge >= 0.3 is 0 Å². The minimum absolute atomic E-state index is 0.0920. The monoisotopic (exact) mass is 275 g/mol. The zero-order valence-corrected chi connectivity index (χ0v) is 11.5. The molecule has 100 valence electrons. The maximum absolute atomic E-state index is 11.9. The third-order valence-electron chi connectivity index (χ3n) is 4.45. The Morgan fingerprint density at radius 2 is 2.21 bits per heavy atom. The molecule has 0 spiro atoms. The van der Waals surface area contributed by atoms with E-state index in [1.165, 1.54) is 4.90 Å². The van der Waals surface area contributed by atoms with Crippen LogP contribution in [0, 0.1) is 11.3 Å². The lowest BCUT2D eigenvalue weighted by Gasteiger charge is -2.25. The topological polar surface area (TPSA) is 38.3 Å². The predicted molar refractivity (Wildman–Crippen MR) is 74.4 cm³/mol. The Morgan fingerprint density at radius 3 is 3.00 bits per heavy atom. The number of fused-ring (bicyclic) bond motifs is 2. The molecule has 1 atom stereocenters. The van der Waals surface area contributed by atoms with Gasteiger partial charge in [-0.1, -0.05) is 12.1 Å². The number of hydrogen-bond donors (Lipinski definition) is 1. The number of carbonyl (C=O) groups is 1. The zero-order valence-electron chi connectivity index (χ0n) is 10.7. The molecule has 1 heterocycles. The van der Waals surface area contributed by atoms with Crippen molar-refractivity contribution in [1.29, 1.82) is 0 Å². The normalized spacial score (nSPS) is 33.7. The summed E-state index contributed by atoms with van der Waals surface area (Å²) in [6.45, 7) is 0.737. The van der Waals surface area contributed by atoms with E-state index in [0.717, 1.165) is 43.2 Å². The van der Waals surface area contributed by atoms with E-state index >= 15 is 0 Å². The number of rotatable bonds is 4. The number of para-hydroxylation sites is 1. The van der Waals surface area contributed by atoms with Gasteiger partial charge in [-0.2, -0.15) is 0 Å². The molecule has 3 nitrogen and oxygen atoms in total. The summed E-state index contributed by atoms with van der Waals surface area (Å²) in [6.07, 6.45) is 3.37. The second kappa shape index (κ2) is 4.17. The quantitative estimate of drug-likeness (QED) is 0.917. The lowest BCUT2D eigenvalue weighted by Crippen LogP contribution is -2.33. The average molecular weight is 275 g/mol. The van der Waals surface area contributed by atoms with Gasteiger partial charge in [-0.05, 0) is 30.9 Å². The standard InChI is InChI=1S/C15H17NO2S/c17-14(15-7-10(15)8-15)16-6-5-11-9-19-13-4-2-1-3-12(13)18-11/h1-4,10-11H,5-9H2,(H,16,17). The number of ether oxygens (including phenoxy) is 1. The Hall–Kier alpha value is -1.16. The van der Waals surface area contributed by atoms with Crippen LogP contribution in [0.1, 0.15) is 19.3 Å². The summed E-state index contributed by atoms with van der Waals surface area (Å²) in [6, 6.07) is 8.16. The molecule has 0 aromatic heterocycles. The van der Waals surface area contributed by atoms with Crippen molar-refractivity contribution in [3.63, 3.8) is 0 Å². The van der Waals surface area contributed by atoms with Gasteiger partial charge in [0, 0.05) is 23.6 Å². The molecule has 0 bridgehead atoms. The number of thioether (sulfide) groups is 1. The zero-order chi connectivity index (χ0) is 12.9.